The minimum absolute atomic E-state index is 0.155. The largest absolute Gasteiger partial charge is 0.325 e. The summed E-state index contributed by atoms with van der Waals surface area (Å²) in [6, 6.07) is 7.99. The van der Waals surface area contributed by atoms with Gasteiger partial charge in [-0.3, -0.25) is 4.79 Å². The molecule has 0 bridgehead atoms. The average molecular weight is 423 g/mol. The van der Waals surface area contributed by atoms with Crippen LogP contribution in [0.3, 0.4) is 0 Å². The second kappa shape index (κ2) is 9.99. The highest BCUT2D eigenvalue weighted by atomic mass is 32.2. The van der Waals surface area contributed by atoms with E-state index in [1.165, 1.54) is 30.2 Å². The summed E-state index contributed by atoms with van der Waals surface area (Å²) < 4.78 is 27.0. The minimum Gasteiger partial charge on any atom is -0.325 e. The van der Waals surface area contributed by atoms with Gasteiger partial charge in [-0.2, -0.15) is 0 Å². The van der Waals surface area contributed by atoms with Crippen LogP contribution in [0.1, 0.15) is 32.9 Å². The number of aryl methyl sites for hydroxylation is 1. The van der Waals surface area contributed by atoms with E-state index in [9.17, 15) is 13.2 Å². The van der Waals surface area contributed by atoms with Crippen LogP contribution in [0.4, 0.5) is 5.69 Å². The molecule has 2 N–H and O–H groups in total. The zero-order valence-corrected chi connectivity index (χ0v) is 18.1. The zero-order valence-electron chi connectivity index (χ0n) is 16.5. The Bertz CT molecular complexity index is 900. The van der Waals surface area contributed by atoms with Crippen LogP contribution < -0.4 is 10.0 Å². The maximum atomic E-state index is 12.6. The lowest BCUT2D eigenvalue weighted by atomic mass is 10.2. The topological polar surface area (TPSA) is 101 Å². The highest BCUT2D eigenvalue weighted by molar-refractivity contribution is 8.00. The fraction of sp³-hybridized carbons (Fsp3) is 0.421. The number of nitrogens with one attached hydrogen (secondary N) is 2. The fourth-order valence-corrected chi connectivity index (χ4v) is 4.45. The van der Waals surface area contributed by atoms with E-state index in [0.29, 0.717) is 18.7 Å². The number of carbonyl (C=O) groups is 1. The molecule has 28 heavy (non-hydrogen) atoms. The van der Waals surface area contributed by atoms with Crippen LogP contribution in [0, 0.1) is 12.8 Å². The van der Waals surface area contributed by atoms with Crippen LogP contribution in [-0.4, -0.2) is 36.1 Å². The van der Waals surface area contributed by atoms with Gasteiger partial charge in [-0.1, -0.05) is 32.5 Å². The molecule has 0 aliphatic rings. The number of nitrogens with zero attached hydrogens (tertiary/aromatic N) is 2. The number of hydrogen-bond acceptors (Lipinski definition) is 6. The SMILES string of the molecule is CCC(Sc1cc(C)ncn1)C(=O)Nc1ccc(S(=O)(=O)NCC(C)C)cc1. The molecule has 0 saturated heterocycles. The summed E-state index contributed by atoms with van der Waals surface area (Å²) >= 11 is 1.38. The Balaban J connectivity index is 2.02. The lowest BCUT2D eigenvalue weighted by Gasteiger charge is -2.15. The number of aromatic nitrogens is 2. The molecule has 1 atom stereocenters. The van der Waals surface area contributed by atoms with E-state index in [1.54, 1.807) is 12.1 Å². The van der Waals surface area contributed by atoms with Crippen molar-refractivity contribution < 1.29 is 13.2 Å². The first kappa shape index (κ1) is 22.3. The molecule has 9 heteroatoms. The van der Waals surface area contributed by atoms with Gasteiger partial charge in [0.2, 0.25) is 15.9 Å². The Hall–Kier alpha value is -1.97. The van der Waals surface area contributed by atoms with Crippen molar-refractivity contribution >= 4 is 33.4 Å². The van der Waals surface area contributed by atoms with Crippen molar-refractivity contribution in [2.75, 3.05) is 11.9 Å². The molecular formula is C19H26N4O3S2. The molecule has 0 spiro atoms. The maximum Gasteiger partial charge on any atom is 0.240 e. The molecule has 0 saturated carbocycles. The van der Waals surface area contributed by atoms with Gasteiger partial charge in [-0.25, -0.2) is 23.1 Å². The van der Waals surface area contributed by atoms with Crippen molar-refractivity contribution in [3.63, 3.8) is 0 Å². The molecule has 1 unspecified atom stereocenters. The first-order chi connectivity index (χ1) is 13.2. The standard InChI is InChI=1S/C19H26N4O3S2/c1-5-17(27-18-10-14(4)20-12-21-18)19(24)23-15-6-8-16(9-7-15)28(25,26)22-11-13(2)3/h6-10,12-13,17,22H,5,11H2,1-4H3,(H,23,24). The highest BCUT2D eigenvalue weighted by Crippen LogP contribution is 2.25. The molecule has 0 aliphatic heterocycles. The van der Waals surface area contributed by atoms with Gasteiger partial charge in [0.25, 0.3) is 0 Å². The number of carbonyl (C=O) groups excluding carboxylic acids is 1. The quantitative estimate of drug-likeness (QED) is 0.475. The summed E-state index contributed by atoms with van der Waals surface area (Å²) in [6.45, 7) is 8.05. The average Bonchev–Trinajstić information content (AvgIpc) is 2.65. The smallest absolute Gasteiger partial charge is 0.240 e. The first-order valence-corrected chi connectivity index (χ1v) is 11.4. The van der Waals surface area contributed by atoms with Crippen molar-refractivity contribution in [1.82, 2.24) is 14.7 Å². The van der Waals surface area contributed by atoms with Crippen LogP contribution in [0.25, 0.3) is 0 Å². The lowest BCUT2D eigenvalue weighted by Crippen LogP contribution is -2.27. The third-order valence-electron chi connectivity index (χ3n) is 3.82. The van der Waals surface area contributed by atoms with E-state index in [0.717, 1.165) is 10.7 Å². The van der Waals surface area contributed by atoms with Crippen molar-refractivity contribution in [1.29, 1.82) is 0 Å². The van der Waals surface area contributed by atoms with Crippen LogP contribution >= 0.6 is 11.8 Å². The molecule has 1 heterocycles. The second-order valence-corrected chi connectivity index (χ2v) is 9.76. The number of sulfonamides is 1. The third-order valence-corrected chi connectivity index (χ3v) is 6.55. The molecule has 0 fully saturated rings. The van der Waals surface area contributed by atoms with Gasteiger partial charge >= 0.3 is 0 Å². The molecule has 1 aromatic carbocycles. The third kappa shape index (κ3) is 6.57. The minimum atomic E-state index is -3.55. The van der Waals surface area contributed by atoms with Crippen molar-refractivity contribution in [3.05, 3.63) is 42.4 Å². The molecular weight excluding hydrogens is 396 g/mol. The van der Waals surface area contributed by atoms with E-state index < -0.39 is 10.0 Å². The van der Waals surface area contributed by atoms with Gasteiger partial charge < -0.3 is 5.32 Å². The molecule has 0 radical (unpaired) electrons. The summed E-state index contributed by atoms with van der Waals surface area (Å²) in [5, 5.41) is 3.27. The number of hydrogen-bond donors (Lipinski definition) is 2. The number of amides is 1. The normalized spacial score (nSPS) is 12.8. The van der Waals surface area contributed by atoms with Gasteiger partial charge in [-0.05, 0) is 49.6 Å². The number of rotatable bonds is 9. The molecule has 7 nitrogen and oxygen atoms in total. The van der Waals surface area contributed by atoms with E-state index >= 15 is 0 Å². The van der Waals surface area contributed by atoms with E-state index in [4.69, 9.17) is 0 Å². The Kier molecular flexibility index (Phi) is 7.97. The molecule has 2 aromatic rings. The summed E-state index contributed by atoms with van der Waals surface area (Å²) in [5.41, 5.74) is 1.39. The van der Waals surface area contributed by atoms with Crippen molar-refractivity contribution in [2.45, 2.75) is 49.3 Å². The van der Waals surface area contributed by atoms with Crippen molar-refractivity contribution in [2.24, 2.45) is 5.92 Å². The predicted octanol–water partition coefficient (Wildman–Crippen LogP) is 3.23. The lowest BCUT2D eigenvalue weighted by molar-refractivity contribution is -0.115. The van der Waals surface area contributed by atoms with Gasteiger partial charge in [0, 0.05) is 17.9 Å². The molecule has 1 aromatic heterocycles. The van der Waals surface area contributed by atoms with Crippen LogP contribution in [-0.2, 0) is 14.8 Å². The van der Waals surface area contributed by atoms with Crippen LogP contribution in [0.5, 0.6) is 0 Å². The zero-order chi connectivity index (χ0) is 20.7. The van der Waals surface area contributed by atoms with Gasteiger partial charge in [0.1, 0.15) is 11.4 Å². The molecule has 0 aliphatic carbocycles. The molecule has 2 rings (SSSR count). The van der Waals surface area contributed by atoms with Gasteiger partial charge in [0.15, 0.2) is 0 Å². The number of anilines is 1. The van der Waals surface area contributed by atoms with Crippen LogP contribution in [0.15, 0.2) is 46.6 Å². The first-order valence-electron chi connectivity index (χ1n) is 9.07. The van der Waals surface area contributed by atoms with Crippen LogP contribution in [0.2, 0.25) is 0 Å². The molecule has 1 amide bonds. The number of thioether (sulfide) groups is 1. The Morgan fingerprint density at radius 2 is 1.86 bits per heavy atom. The van der Waals surface area contributed by atoms with E-state index in [1.807, 2.05) is 33.8 Å². The summed E-state index contributed by atoms with van der Waals surface area (Å²) in [6.07, 6.45) is 2.11. The Morgan fingerprint density at radius 3 is 2.43 bits per heavy atom. The fourth-order valence-electron chi connectivity index (χ4n) is 2.26. The Morgan fingerprint density at radius 1 is 1.18 bits per heavy atom. The molecule has 152 valence electrons. The van der Waals surface area contributed by atoms with E-state index in [-0.39, 0.29) is 22.0 Å². The second-order valence-electron chi connectivity index (χ2n) is 6.77. The van der Waals surface area contributed by atoms with Gasteiger partial charge in [0.05, 0.1) is 10.1 Å². The maximum absolute atomic E-state index is 12.6. The van der Waals surface area contributed by atoms with Crippen molar-refractivity contribution in [3.8, 4) is 0 Å². The monoisotopic (exact) mass is 422 g/mol. The predicted molar refractivity (Wildman–Crippen MR) is 112 cm³/mol. The number of benzene rings is 1. The Labute approximate surface area is 170 Å². The summed E-state index contributed by atoms with van der Waals surface area (Å²) in [4.78, 5) is 21.0. The summed E-state index contributed by atoms with van der Waals surface area (Å²) in [5.74, 6) is 0.0628. The summed E-state index contributed by atoms with van der Waals surface area (Å²) in [7, 11) is -3.55. The highest BCUT2D eigenvalue weighted by Gasteiger charge is 2.20. The van der Waals surface area contributed by atoms with Gasteiger partial charge in [-0.15, -0.1) is 0 Å². The van der Waals surface area contributed by atoms with E-state index in [2.05, 4.69) is 20.0 Å².